The predicted octanol–water partition coefficient (Wildman–Crippen LogP) is 10.1. The number of carbonyl (C=O) groups is 5. The summed E-state index contributed by atoms with van der Waals surface area (Å²) < 4.78 is 15.9. The van der Waals surface area contributed by atoms with E-state index in [9.17, 15) is 24.0 Å². The topological polar surface area (TPSA) is 187 Å². The van der Waals surface area contributed by atoms with Crippen molar-refractivity contribution in [2.24, 2.45) is 11.1 Å². The number of β-lactam (4-membered cyclic amide) rings is 1. The van der Waals surface area contributed by atoms with Gasteiger partial charge in [-0.2, -0.15) is 9.36 Å². The number of hydrogen-bond donors (Lipinski definition) is 1. The lowest BCUT2D eigenvalue weighted by Crippen LogP contribution is -2.62. The van der Waals surface area contributed by atoms with Gasteiger partial charge < -0.3 is 29.8 Å². The number of anilines is 1. The minimum atomic E-state index is -1.28. The Labute approximate surface area is 456 Å². The van der Waals surface area contributed by atoms with Crippen LogP contribution in [0.3, 0.4) is 0 Å². The van der Waals surface area contributed by atoms with Crippen LogP contribution in [0.1, 0.15) is 93.6 Å². The van der Waals surface area contributed by atoms with Crippen LogP contribution in [0.4, 0.5) is 9.93 Å². The number of nitrogens with two attached hydrogens (primary N) is 1. The molecule has 3 fully saturated rings. The highest BCUT2D eigenvalue weighted by Crippen LogP contribution is 2.46. The van der Waals surface area contributed by atoms with Crippen LogP contribution in [-0.4, -0.2) is 102 Å². The number of thioether (sulfide) groups is 1. The number of ketones is 1. The molecule has 0 spiro atoms. The summed E-state index contributed by atoms with van der Waals surface area (Å²) in [6.45, 7) is 11.3. The van der Waals surface area contributed by atoms with Crippen molar-refractivity contribution < 1.29 is 38.3 Å². The Balaban J connectivity index is 0.000000303. The van der Waals surface area contributed by atoms with E-state index in [2.05, 4.69) is 14.5 Å². The van der Waals surface area contributed by atoms with Gasteiger partial charge in [-0.05, 0) is 64.2 Å². The number of likely N-dealkylation sites (tertiary alicyclic amines) is 2. The van der Waals surface area contributed by atoms with Gasteiger partial charge in [0.2, 0.25) is 23.2 Å². The molecule has 77 heavy (non-hydrogen) atoms. The molecule has 6 aromatic rings. The van der Waals surface area contributed by atoms with Gasteiger partial charge in [0.1, 0.15) is 11.3 Å². The molecule has 4 aliphatic rings. The summed E-state index contributed by atoms with van der Waals surface area (Å²) in [5.41, 5.74) is 9.82. The fourth-order valence-corrected chi connectivity index (χ4v) is 11.8. The molecule has 0 aliphatic carbocycles. The largest absolute Gasteiger partial charge is 0.448 e. The van der Waals surface area contributed by atoms with Crippen molar-refractivity contribution in [1.29, 1.82) is 0 Å². The Morgan fingerprint density at radius 1 is 0.805 bits per heavy atom. The number of oxime groups is 1. The average Bonchev–Trinajstić information content (AvgIpc) is 4.24. The monoisotopic (exact) mass is 1070 g/mol. The number of nitrogen functional groups attached to an aromatic ring is 1. The first-order chi connectivity index (χ1) is 37.2. The summed E-state index contributed by atoms with van der Waals surface area (Å²) in [4.78, 5) is 82.7. The molecule has 5 aromatic carbocycles. The van der Waals surface area contributed by atoms with E-state index in [-0.39, 0.29) is 52.7 Å². The zero-order valence-corrected chi connectivity index (χ0v) is 45.2. The number of rotatable bonds is 14. The zero-order chi connectivity index (χ0) is 54.3. The first-order valence-electron chi connectivity index (χ1n) is 25.6. The van der Waals surface area contributed by atoms with E-state index in [1.54, 1.807) is 4.90 Å². The lowest BCUT2D eigenvalue weighted by molar-refractivity contribution is -0.157. The number of nitrogens with zero attached hydrogens (tertiary/aromatic N) is 6. The van der Waals surface area contributed by atoms with E-state index in [0.717, 1.165) is 69.9 Å². The maximum Gasteiger partial charge on any atom is 0.410 e. The van der Waals surface area contributed by atoms with Crippen molar-refractivity contribution >= 4 is 63.8 Å². The number of fused-ring (bicyclic) bond motifs is 1. The summed E-state index contributed by atoms with van der Waals surface area (Å²) in [6.07, 6.45) is 2.36. The molecule has 17 heteroatoms. The molecule has 2 N–H and O–H groups in total. The van der Waals surface area contributed by atoms with Gasteiger partial charge in [0.25, 0.3) is 0 Å². The minimum absolute atomic E-state index is 0.00150. The number of aromatic nitrogens is 2. The third kappa shape index (κ3) is 11.8. The molecule has 3 amide bonds. The third-order valence-electron chi connectivity index (χ3n) is 13.8. The maximum absolute atomic E-state index is 14.4. The number of amides is 3. The second kappa shape index (κ2) is 23.6. The van der Waals surface area contributed by atoms with E-state index in [1.165, 1.54) is 16.7 Å². The molecular weight excluding hydrogens is 1010 g/mol. The van der Waals surface area contributed by atoms with Crippen LogP contribution in [0, 0.1) is 5.92 Å². The number of Topliss-reactive ketones (excluding diaryl/α,β-unsaturated/α-hetero) is 1. The molecule has 5 heterocycles. The van der Waals surface area contributed by atoms with Gasteiger partial charge >= 0.3 is 12.1 Å². The Morgan fingerprint density at radius 2 is 1.35 bits per heavy atom. The highest BCUT2D eigenvalue weighted by Gasteiger charge is 2.54. The van der Waals surface area contributed by atoms with E-state index in [4.69, 9.17) is 20.0 Å². The van der Waals surface area contributed by atoms with Gasteiger partial charge in [0.05, 0.1) is 17.3 Å². The number of carbonyl (C=O) groups excluding carboxylic acids is 5. The standard InChI is InChI=1S/C45H37N5O5S2.C15H24N2O3/c1-29-28-56-42-35(41(52)50(42)38(29)43(53)54-39(30-17-7-2-8-18-30)31-19-9-3-10-20-31)27-36(51)37(40-47-44(46)57-49-40)48-55-45(32-21-11-4-12-22-32,33-23-13-5-14-24-33)34-25-15-6-16-26-34;1-5-11-6-9-17(13(11)18)12-7-8-16(10-12)14(19)20-15(2,3)4/h2-26,35,39,42H,27-28H2,1H3,(H2,46,47,49);5,12H,6-10H2,1-4H3/b48-37+;11-5+/t35-,42-;12-/m11/s1. The molecule has 10 rings (SSSR count). The molecule has 15 nitrogen and oxygen atoms in total. The molecule has 396 valence electrons. The highest BCUT2D eigenvalue weighted by atomic mass is 32.2. The number of hydrogen-bond acceptors (Lipinski definition) is 14. The zero-order valence-electron chi connectivity index (χ0n) is 43.6. The minimum Gasteiger partial charge on any atom is -0.448 e. The van der Waals surface area contributed by atoms with Crippen LogP contribution in [0.5, 0.6) is 0 Å². The van der Waals surface area contributed by atoms with Crippen LogP contribution < -0.4 is 5.73 Å². The average molecular weight is 1070 g/mol. The van der Waals surface area contributed by atoms with Crippen LogP contribution in [0.2, 0.25) is 0 Å². The first kappa shape index (κ1) is 53.9. The van der Waals surface area contributed by atoms with Crippen molar-refractivity contribution in [1.82, 2.24) is 24.1 Å². The lowest BCUT2D eigenvalue weighted by Gasteiger charge is -2.49. The third-order valence-corrected chi connectivity index (χ3v) is 15.8. The van der Waals surface area contributed by atoms with Crippen molar-refractivity contribution in [3.8, 4) is 0 Å². The van der Waals surface area contributed by atoms with Gasteiger partial charge in [-0.3, -0.25) is 19.3 Å². The maximum atomic E-state index is 14.4. The SMILES string of the molecule is C/C=C1\CCN([C@@H]2CCN(C(=O)OC(C)(C)C)C2)C1=O.CC1=C(C(=O)OC(c2ccccc2)c2ccccc2)N2C(=O)[C@@H](CC(=O)/C(=N\OC(c3ccccc3)(c3ccccc3)c3ccccc3)c3nsc(N)n3)[C@H]2SC1. The summed E-state index contributed by atoms with van der Waals surface area (Å²) in [5, 5.41) is 4.24. The van der Waals surface area contributed by atoms with Gasteiger partial charge in [0.15, 0.2) is 22.7 Å². The van der Waals surface area contributed by atoms with Crippen molar-refractivity contribution in [3.63, 3.8) is 0 Å². The smallest absolute Gasteiger partial charge is 0.410 e. The lowest BCUT2D eigenvalue weighted by atomic mass is 9.80. The summed E-state index contributed by atoms with van der Waals surface area (Å²) in [6, 6.07) is 48.0. The number of benzene rings is 5. The molecule has 0 unspecified atom stereocenters. The number of esters is 1. The van der Waals surface area contributed by atoms with Gasteiger partial charge in [-0.15, -0.1) is 11.8 Å². The number of allylic oxidation sites excluding steroid dienone is 1. The first-order valence-corrected chi connectivity index (χ1v) is 27.4. The van der Waals surface area contributed by atoms with Crippen LogP contribution >= 0.6 is 23.3 Å². The Morgan fingerprint density at radius 3 is 1.84 bits per heavy atom. The molecule has 4 aliphatic heterocycles. The second-order valence-electron chi connectivity index (χ2n) is 20.1. The molecule has 3 saturated heterocycles. The second-order valence-corrected chi connectivity index (χ2v) is 22.0. The number of ether oxygens (including phenoxy) is 2. The summed E-state index contributed by atoms with van der Waals surface area (Å²) in [5.74, 6) is -1.61. The molecule has 0 saturated carbocycles. The van der Waals surface area contributed by atoms with E-state index < -0.39 is 40.4 Å². The van der Waals surface area contributed by atoms with Crippen LogP contribution in [-0.2, 0) is 39.1 Å². The normalized spacial score (nSPS) is 19.1. The molecule has 1 aromatic heterocycles. The van der Waals surface area contributed by atoms with Crippen LogP contribution in [0.25, 0.3) is 0 Å². The van der Waals surface area contributed by atoms with Crippen molar-refractivity contribution in [2.75, 3.05) is 31.1 Å². The summed E-state index contributed by atoms with van der Waals surface area (Å²) >= 11 is 2.42. The molecule has 3 atom stereocenters. The van der Waals surface area contributed by atoms with Crippen molar-refractivity contribution in [2.45, 2.75) is 82.6 Å². The Hall–Kier alpha value is -7.89. The molecule has 0 radical (unpaired) electrons. The quantitative estimate of drug-likeness (QED) is 0.0272. The Kier molecular flexibility index (Phi) is 16.5. The predicted molar refractivity (Wildman–Crippen MR) is 297 cm³/mol. The molecule has 0 bridgehead atoms. The fraction of sp³-hybridized carbons (Fsp3) is 0.300. The highest BCUT2D eigenvalue weighted by molar-refractivity contribution is 8.00. The van der Waals surface area contributed by atoms with Gasteiger partial charge in [0, 0.05) is 65.6 Å². The molecular formula is C60H61N7O8S2. The van der Waals surface area contributed by atoms with E-state index >= 15 is 0 Å². The van der Waals surface area contributed by atoms with Crippen LogP contribution in [0.15, 0.2) is 180 Å². The van der Waals surface area contributed by atoms with Gasteiger partial charge in [-0.1, -0.05) is 163 Å². The summed E-state index contributed by atoms with van der Waals surface area (Å²) in [7, 11) is 0. The Bertz CT molecular complexity index is 3050. The van der Waals surface area contributed by atoms with Gasteiger partial charge in [-0.25, -0.2) is 9.59 Å². The van der Waals surface area contributed by atoms with E-state index in [1.807, 2.05) is 197 Å². The van der Waals surface area contributed by atoms with Crippen molar-refractivity contribution in [3.05, 3.63) is 208 Å². The van der Waals surface area contributed by atoms with E-state index in [0.29, 0.717) is 18.8 Å². The fourth-order valence-electron chi connectivity index (χ4n) is 10.0.